The predicted octanol–water partition coefficient (Wildman–Crippen LogP) is 4.23. The van der Waals surface area contributed by atoms with E-state index in [1.165, 1.54) is 22.0 Å². The minimum absolute atomic E-state index is 0.878. The molecule has 0 atom stereocenters. The largest absolute Gasteiger partial charge is 0.350 e. The molecule has 0 saturated heterocycles. The van der Waals surface area contributed by atoms with Crippen LogP contribution in [0.1, 0.15) is 11.1 Å². The molecule has 0 aliphatic heterocycles. The van der Waals surface area contributed by atoms with Crippen LogP contribution in [0.2, 0.25) is 0 Å². The lowest BCUT2D eigenvalue weighted by atomic mass is 10.1. The van der Waals surface area contributed by atoms with Crippen LogP contribution in [0.4, 0.5) is 0 Å². The Balaban J connectivity index is 1.71. The highest BCUT2D eigenvalue weighted by Crippen LogP contribution is 2.20. The van der Waals surface area contributed by atoms with Crippen LogP contribution in [-0.4, -0.2) is 4.57 Å². The van der Waals surface area contributed by atoms with Crippen LogP contribution in [0.3, 0.4) is 0 Å². The molecule has 2 aromatic carbocycles. The maximum Gasteiger partial charge on any atom is 0.0481 e. The Morgan fingerprint density at radius 3 is 2.75 bits per heavy atom. The third-order valence-electron chi connectivity index (χ3n) is 3.51. The zero-order chi connectivity index (χ0) is 13.9. The SMILES string of the molecule is Cn1cc(CNCc2cccc(Br)c2)c2ccccc21. The second-order valence-corrected chi connectivity index (χ2v) is 5.93. The van der Waals surface area contributed by atoms with Crippen molar-refractivity contribution in [3.63, 3.8) is 0 Å². The second-order valence-electron chi connectivity index (χ2n) is 5.02. The van der Waals surface area contributed by atoms with Gasteiger partial charge in [-0.1, -0.05) is 46.3 Å². The number of halogens is 1. The van der Waals surface area contributed by atoms with Gasteiger partial charge < -0.3 is 9.88 Å². The summed E-state index contributed by atoms with van der Waals surface area (Å²) in [6.45, 7) is 1.76. The van der Waals surface area contributed by atoms with Crippen LogP contribution in [0.25, 0.3) is 10.9 Å². The van der Waals surface area contributed by atoms with Gasteiger partial charge in [0.05, 0.1) is 0 Å². The van der Waals surface area contributed by atoms with E-state index in [9.17, 15) is 0 Å². The van der Waals surface area contributed by atoms with E-state index in [0.29, 0.717) is 0 Å². The first-order chi connectivity index (χ1) is 9.74. The lowest BCUT2D eigenvalue weighted by Crippen LogP contribution is -2.12. The van der Waals surface area contributed by atoms with E-state index >= 15 is 0 Å². The van der Waals surface area contributed by atoms with Crippen LogP contribution >= 0.6 is 15.9 Å². The van der Waals surface area contributed by atoms with Crippen molar-refractivity contribution >= 4 is 26.8 Å². The van der Waals surface area contributed by atoms with Gasteiger partial charge in [0, 0.05) is 41.7 Å². The van der Waals surface area contributed by atoms with Crippen LogP contribution in [0, 0.1) is 0 Å². The Bertz CT molecular complexity index is 731. The fourth-order valence-corrected chi connectivity index (χ4v) is 3.00. The van der Waals surface area contributed by atoms with E-state index in [0.717, 1.165) is 17.6 Å². The molecule has 1 N–H and O–H groups in total. The van der Waals surface area contributed by atoms with Crippen molar-refractivity contribution in [2.45, 2.75) is 13.1 Å². The molecular weight excluding hydrogens is 312 g/mol. The Labute approximate surface area is 127 Å². The van der Waals surface area contributed by atoms with Gasteiger partial charge in [-0.25, -0.2) is 0 Å². The Morgan fingerprint density at radius 1 is 1.05 bits per heavy atom. The molecule has 3 rings (SSSR count). The van der Waals surface area contributed by atoms with Crippen molar-refractivity contribution in [3.8, 4) is 0 Å². The first kappa shape index (κ1) is 13.4. The summed E-state index contributed by atoms with van der Waals surface area (Å²) < 4.78 is 3.31. The second kappa shape index (κ2) is 5.81. The Hall–Kier alpha value is -1.58. The average Bonchev–Trinajstić information content (AvgIpc) is 2.77. The molecule has 0 radical (unpaired) electrons. The molecule has 20 heavy (non-hydrogen) atoms. The fourth-order valence-electron chi connectivity index (χ4n) is 2.55. The van der Waals surface area contributed by atoms with E-state index in [1.807, 2.05) is 6.07 Å². The van der Waals surface area contributed by atoms with Crippen LogP contribution in [-0.2, 0) is 20.1 Å². The maximum absolute atomic E-state index is 3.52. The molecule has 1 aromatic heterocycles. The molecule has 0 saturated carbocycles. The van der Waals surface area contributed by atoms with Gasteiger partial charge >= 0.3 is 0 Å². The zero-order valence-electron chi connectivity index (χ0n) is 11.4. The Kier molecular flexibility index (Phi) is 3.90. The number of aromatic nitrogens is 1. The average molecular weight is 329 g/mol. The van der Waals surface area contributed by atoms with E-state index in [4.69, 9.17) is 0 Å². The molecule has 1 heterocycles. The van der Waals surface area contributed by atoms with Crippen LogP contribution in [0.5, 0.6) is 0 Å². The van der Waals surface area contributed by atoms with Gasteiger partial charge in [-0.15, -0.1) is 0 Å². The van der Waals surface area contributed by atoms with Crippen LogP contribution in [0.15, 0.2) is 59.2 Å². The summed E-state index contributed by atoms with van der Waals surface area (Å²) in [5.41, 5.74) is 3.92. The van der Waals surface area contributed by atoms with Crippen molar-refractivity contribution in [1.29, 1.82) is 0 Å². The lowest BCUT2D eigenvalue weighted by Gasteiger charge is -2.04. The molecule has 0 aliphatic carbocycles. The Morgan fingerprint density at radius 2 is 1.90 bits per heavy atom. The van der Waals surface area contributed by atoms with Gasteiger partial charge in [0.15, 0.2) is 0 Å². The highest BCUT2D eigenvalue weighted by Gasteiger charge is 2.05. The summed E-state index contributed by atoms with van der Waals surface area (Å²) in [6, 6.07) is 16.9. The van der Waals surface area contributed by atoms with Gasteiger partial charge in [-0.3, -0.25) is 0 Å². The van der Waals surface area contributed by atoms with Crippen molar-refractivity contribution in [2.75, 3.05) is 0 Å². The van der Waals surface area contributed by atoms with Gasteiger partial charge in [0.2, 0.25) is 0 Å². The highest BCUT2D eigenvalue weighted by atomic mass is 79.9. The maximum atomic E-state index is 3.52. The summed E-state index contributed by atoms with van der Waals surface area (Å²) in [4.78, 5) is 0. The van der Waals surface area contributed by atoms with Gasteiger partial charge in [0.1, 0.15) is 0 Å². The molecule has 3 heteroatoms. The minimum atomic E-state index is 0.878. The molecule has 0 unspecified atom stereocenters. The molecule has 2 nitrogen and oxygen atoms in total. The fraction of sp³-hybridized carbons (Fsp3) is 0.176. The van der Waals surface area contributed by atoms with E-state index in [-0.39, 0.29) is 0 Å². The van der Waals surface area contributed by atoms with Crippen molar-refractivity contribution in [1.82, 2.24) is 9.88 Å². The number of nitrogens with zero attached hydrogens (tertiary/aromatic N) is 1. The highest BCUT2D eigenvalue weighted by molar-refractivity contribution is 9.10. The minimum Gasteiger partial charge on any atom is -0.350 e. The van der Waals surface area contributed by atoms with Crippen LogP contribution < -0.4 is 5.32 Å². The summed E-state index contributed by atoms with van der Waals surface area (Å²) in [7, 11) is 2.10. The molecule has 3 aromatic rings. The van der Waals surface area contributed by atoms with Crippen molar-refractivity contribution < 1.29 is 0 Å². The first-order valence-corrected chi connectivity index (χ1v) is 7.51. The van der Waals surface area contributed by atoms with Crippen molar-refractivity contribution in [3.05, 3.63) is 70.3 Å². The number of para-hydroxylation sites is 1. The van der Waals surface area contributed by atoms with E-state index < -0.39 is 0 Å². The third-order valence-corrected chi connectivity index (χ3v) is 4.01. The smallest absolute Gasteiger partial charge is 0.0481 e. The number of hydrogen-bond acceptors (Lipinski definition) is 1. The van der Waals surface area contributed by atoms with Gasteiger partial charge in [-0.05, 0) is 29.3 Å². The zero-order valence-corrected chi connectivity index (χ0v) is 13.0. The summed E-state index contributed by atoms with van der Waals surface area (Å²) in [5, 5.41) is 4.85. The predicted molar refractivity (Wildman–Crippen MR) is 87.6 cm³/mol. The molecule has 0 amide bonds. The molecule has 102 valence electrons. The molecule has 0 aliphatic rings. The van der Waals surface area contributed by atoms with Gasteiger partial charge in [-0.2, -0.15) is 0 Å². The quantitative estimate of drug-likeness (QED) is 0.758. The standard InChI is InChI=1S/C17H17BrN2/c1-20-12-14(16-7-2-3-8-17(16)20)11-19-10-13-5-4-6-15(18)9-13/h2-9,12,19H,10-11H2,1H3. The molecule has 0 bridgehead atoms. The van der Waals surface area contributed by atoms with E-state index in [2.05, 4.69) is 81.5 Å². The molecule has 0 fully saturated rings. The number of fused-ring (bicyclic) bond motifs is 1. The first-order valence-electron chi connectivity index (χ1n) is 6.72. The summed E-state index contributed by atoms with van der Waals surface area (Å²) in [5.74, 6) is 0. The van der Waals surface area contributed by atoms with Crippen molar-refractivity contribution in [2.24, 2.45) is 7.05 Å². The number of hydrogen-bond donors (Lipinski definition) is 1. The molecule has 0 spiro atoms. The number of aryl methyl sites for hydroxylation is 1. The van der Waals surface area contributed by atoms with Gasteiger partial charge in [0.25, 0.3) is 0 Å². The summed E-state index contributed by atoms with van der Waals surface area (Å²) >= 11 is 3.50. The monoisotopic (exact) mass is 328 g/mol. The van der Waals surface area contributed by atoms with E-state index in [1.54, 1.807) is 0 Å². The summed E-state index contributed by atoms with van der Waals surface area (Å²) in [6.07, 6.45) is 2.21. The topological polar surface area (TPSA) is 17.0 Å². The number of rotatable bonds is 4. The number of benzene rings is 2. The number of nitrogens with one attached hydrogen (secondary N) is 1. The third kappa shape index (κ3) is 2.79. The molecular formula is C17H17BrN2. The normalized spacial score (nSPS) is 11.1. The lowest BCUT2D eigenvalue weighted by molar-refractivity contribution is 0.694.